The smallest absolute Gasteiger partial charge is 0.250 e. The maximum Gasteiger partial charge on any atom is 0.250 e. The number of imidazole rings is 1. The molecule has 0 radical (unpaired) electrons. The van der Waals surface area contributed by atoms with Gasteiger partial charge in [-0.05, 0) is 79.6 Å². The third-order valence-corrected chi connectivity index (χ3v) is 6.45. The number of rotatable bonds is 4. The molecule has 0 bridgehead atoms. The van der Waals surface area contributed by atoms with E-state index < -0.39 is 0 Å². The van der Waals surface area contributed by atoms with Gasteiger partial charge in [-0.1, -0.05) is 12.1 Å². The molecule has 2 heterocycles. The first-order valence-electron chi connectivity index (χ1n) is 11.0. The van der Waals surface area contributed by atoms with Crippen molar-refractivity contribution in [3.05, 3.63) is 82.7 Å². The number of methoxy groups -OCH3 is 1. The maximum absolute atomic E-state index is 13.9. The molecule has 32 heavy (non-hydrogen) atoms. The van der Waals surface area contributed by atoms with Gasteiger partial charge in [0.2, 0.25) is 5.91 Å². The van der Waals surface area contributed by atoms with Gasteiger partial charge in [0.25, 0.3) is 0 Å². The number of carbonyl (C=O) groups is 1. The van der Waals surface area contributed by atoms with Gasteiger partial charge < -0.3 is 14.2 Å². The summed E-state index contributed by atoms with van der Waals surface area (Å²) in [6.07, 6.45) is 9.05. The molecule has 5 rings (SSSR count). The number of hydrogen-bond acceptors (Lipinski definition) is 3. The monoisotopic (exact) mass is 431 g/mol. The molecule has 1 aliphatic carbocycles. The molecule has 1 amide bonds. The molecule has 0 saturated carbocycles. The summed E-state index contributed by atoms with van der Waals surface area (Å²) >= 11 is 0. The van der Waals surface area contributed by atoms with E-state index in [0.717, 1.165) is 65.1 Å². The van der Waals surface area contributed by atoms with E-state index in [1.54, 1.807) is 19.5 Å². The van der Waals surface area contributed by atoms with E-state index in [-0.39, 0.29) is 17.8 Å². The van der Waals surface area contributed by atoms with Crippen molar-refractivity contribution >= 4 is 12.0 Å². The van der Waals surface area contributed by atoms with Crippen molar-refractivity contribution in [3.8, 4) is 11.4 Å². The molecule has 1 fully saturated rings. The summed E-state index contributed by atoms with van der Waals surface area (Å²) in [5.74, 6) is 0.528. The predicted octanol–water partition coefficient (Wildman–Crippen LogP) is 5.02. The minimum Gasteiger partial charge on any atom is -0.495 e. The number of likely N-dealkylation sites (tertiary alicyclic amines) is 1. The number of benzene rings is 2. The first-order valence-corrected chi connectivity index (χ1v) is 11.0. The standard InChI is InChI=1S/C26H26FN3O2/c1-17-15-29(16-28-17)24-9-5-18(13-25(24)32-2)12-20-4-3-11-30(26(20)31)23-10-7-19-6-8-21(27)14-22(19)23/h5-6,8-9,12-16,23H,3-4,7,10-11H2,1-2H3/b20-12+/t23-/m1/s1. The summed E-state index contributed by atoms with van der Waals surface area (Å²) in [4.78, 5) is 19.6. The van der Waals surface area contributed by atoms with Crippen LogP contribution in [-0.4, -0.2) is 34.0 Å². The zero-order valence-electron chi connectivity index (χ0n) is 18.3. The van der Waals surface area contributed by atoms with Gasteiger partial charge in [-0.2, -0.15) is 0 Å². The molecule has 0 spiro atoms. The van der Waals surface area contributed by atoms with Crippen LogP contribution in [0.15, 0.2) is 54.5 Å². The predicted molar refractivity (Wildman–Crippen MR) is 121 cm³/mol. The molecule has 2 aliphatic rings. The number of aryl methyl sites for hydroxylation is 2. The minimum atomic E-state index is -0.240. The van der Waals surface area contributed by atoms with Gasteiger partial charge in [0.05, 0.1) is 30.9 Å². The Kier molecular flexibility index (Phi) is 5.29. The zero-order chi connectivity index (χ0) is 22.2. The molecule has 0 unspecified atom stereocenters. The lowest BCUT2D eigenvalue weighted by molar-refractivity contribution is -0.131. The summed E-state index contributed by atoms with van der Waals surface area (Å²) in [5.41, 5.74) is 5.65. The molecule has 2 aromatic carbocycles. The molecule has 1 aromatic heterocycles. The Morgan fingerprint density at radius 2 is 2.06 bits per heavy atom. The molecule has 1 saturated heterocycles. The highest BCUT2D eigenvalue weighted by atomic mass is 19.1. The van der Waals surface area contributed by atoms with Gasteiger partial charge in [-0.25, -0.2) is 9.37 Å². The van der Waals surface area contributed by atoms with E-state index in [1.165, 1.54) is 6.07 Å². The van der Waals surface area contributed by atoms with Crippen LogP contribution in [0.1, 0.15) is 47.7 Å². The van der Waals surface area contributed by atoms with Crippen LogP contribution in [0, 0.1) is 12.7 Å². The highest BCUT2D eigenvalue weighted by Crippen LogP contribution is 2.39. The second kappa shape index (κ2) is 8.26. The Balaban J connectivity index is 1.42. The average molecular weight is 432 g/mol. The first kappa shape index (κ1) is 20.5. The number of amides is 1. The fourth-order valence-electron chi connectivity index (χ4n) is 4.89. The fraction of sp³-hybridized carbons (Fsp3) is 0.308. The first-order chi connectivity index (χ1) is 15.5. The van der Waals surface area contributed by atoms with E-state index in [2.05, 4.69) is 4.98 Å². The molecule has 6 heteroatoms. The van der Waals surface area contributed by atoms with Gasteiger partial charge >= 0.3 is 0 Å². The number of carbonyl (C=O) groups excluding carboxylic acids is 1. The lowest BCUT2D eigenvalue weighted by Gasteiger charge is -2.34. The number of hydrogen-bond donors (Lipinski definition) is 0. The molecular weight excluding hydrogens is 405 g/mol. The Morgan fingerprint density at radius 3 is 2.84 bits per heavy atom. The van der Waals surface area contributed by atoms with Crippen molar-refractivity contribution in [3.63, 3.8) is 0 Å². The fourth-order valence-corrected chi connectivity index (χ4v) is 4.89. The number of nitrogens with zero attached hydrogens (tertiary/aromatic N) is 3. The van der Waals surface area contributed by atoms with Crippen LogP contribution in [0.4, 0.5) is 4.39 Å². The van der Waals surface area contributed by atoms with Crippen molar-refractivity contribution in [2.45, 2.75) is 38.6 Å². The van der Waals surface area contributed by atoms with Gasteiger partial charge in [-0.15, -0.1) is 0 Å². The Labute approximate surface area is 187 Å². The molecule has 1 aliphatic heterocycles. The zero-order valence-corrected chi connectivity index (χ0v) is 18.3. The highest BCUT2D eigenvalue weighted by Gasteiger charge is 2.34. The lowest BCUT2D eigenvalue weighted by atomic mass is 9.97. The number of halogens is 1. The van der Waals surface area contributed by atoms with E-state index in [0.29, 0.717) is 6.54 Å². The van der Waals surface area contributed by atoms with Crippen molar-refractivity contribution < 1.29 is 13.9 Å². The van der Waals surface area contributed by atoms with Gasteiger partial charge in [0.1, 0.15) is 11.6 Å². The molecule has 0 N–H and O–H groups in total. The Hall–Kier alpha value is -3.41. The van der Waals surface area contributed by atoms with Crippen LogP contribution < -0.4 is 4.74 Å². The van der Waals surface area contributed by atoms with Crippen molar-refractivity contribution in [1.29, 1.82) is 0 Å². The Bertz CT molecular complexity index is 1210. The van der Waals surface area contributed by atoms with Crippen LogP contribution in [0.3, 0.4) is 0 Å². The quantitative estimate of drug-likeness (QED) is 0.545. The van der Waals surface area contributed by atoms with Crippen LogP contribution in [-0.2, 0) is 11.2 Å². The van der Waals surface area contributed by atoms with E-state index in [4.69, 9.17) is 4.74 Å². The van der Waals surface area contributed by atoms with E-state index in [9.17, 15) is 9.18 Å². The van der Waals surface area contributed by atoms with Crippen LogP contribution >= 0.6 is 0 Å². The lowest BCUT2D eigenvalue weighted by Crippen LogP contribution is -2.39. The SMILES string of the molecule is COc1cc(/C=C2\CCCN([C@@H]3CCc4ccc(F)cc43)C2=O)ccc1-n1cnc(C)c1. The number of aromatic nitrogens is 2. The second-order valence-electron chi connectivity index (χ2n) is 8.52. The molecule has 1 atom stereocenters. The summed E-state index contributed by atoms with van der Waals surface area (Å²) in [6.45, 7) is 2.65. The highest BCUT2D eigenvalue weighted by molar-refractivity contribution is 5.99. The van der Waals surface area contributed by atoms with E-state index >= 15 is 0 Å². The third kappa shape index (κ3) is 3.70. The number of ether oxygens (including phenoxy) is 1. The third-order valence-electron chi connectivity index (χ3n) is 6.45. The summed E-state index contributed by atoms with van der Waals surface area (Å²) in [7, 11) is 1.64. The maximum atomic E-state index is 13.9. The van der Waals surface area contributed by atoms with Gasteiger partial charge in [0.15, 0.2) is 0 Å². The average Bonchev–Trinajstić information content (AvgIpc) is 3.41. The van der Waals surface area contributed by atoms with Crippen molar-refractivity contribution in [2.24, 2.45) is 0 Å². The van der Waals surface area contributed by atoms with Crippen molar-refractivity contribution in [2.75, 3.05) is 13.7 Å². The molecular formula is C26H26FN3O2. The van der Waals surface area contributed by atoms with Crippen LogP contribution in [0.25, 0.3) is 11.8 Å². The molecule has 5 nitrogen and oxygen atoms in total. The number of piperidine rings is 1. The Morgan fingerprint density at radius 1 is 1.19 bits per heavy atom. The molecule has 164 valence electrons. The second-order valence-corrected chi connectivity index (χ2v) is 8.52. The van der Waals surface area contributed by atoms with Crippen LogP contribution in [0.2, 0.25) is 0 Å². The van der Waals surface area contributed by atoms with Gasteiger partial charge in [-0.3, -0.25) is 4.79 Å². The normalized spacial score (nSPS) is 19.5. The minimum absolute atomic E-state index is 0.0432. The van der Waals surface area contributed by atoms with Crippen molar-refractivity contribution in [1.82, 2.24) is 14.5 Å². The summed E-state index contributed by atoms with van der Waals surface area (Å²) in [6, 6.07) is 10.8. The largest absolute Gasteiger partial charge is 0.495 e. The summed E-state index contributed by atoms with van der Waals surface area (Å²) < 4.78 is 21.4. The van der Waals surface area contributed by atoms with Crippen LogP contribution in [0.5, 0.6) is 5.75 Å². The van der Waals surface area contributed by atoms with E-state index in [1.807, 2.05) is 52.9 Å². The summed E-state index contributed by atoms with van der Waals surface area (Å²) in [5, 5.41) is 0. The van der Waals surface area contributed by atoms with Gasteiger partial charge in [0, 0.05) is 18.3 Å². The number of fused-ring (bicyclic) bond motifs is 1. The topological polar surface area (TPSA) is 47.4 Å². The molecule has 3 aromatic rings.